The van der Waals surface area contributed by atoms with Gasteiger partial charge in [0.25, 0.3) is 0 Å². The van der Waals surface area contributed by atoms with E-state index in [0.717, 1.165) is 28.2 Å². The molecular weight excluding hydrogens is 422 g/mol. The molecule has 4 rings (SSSR count). The van der Waals surface area contributed by atoms with Gasteiger partial charge in [0.1, 0.15) is 16.7 Å². The third-order valence-electron chi connectivity index (χ3n) is 4.88. The molecule has 6 nitrogen and oxygen atoms in total. The second kappa shape index (κ2) is 8.89. The molecule has 160 valence electrons. The number of carbonyl (C=O) groups is 2. The van der Waals surface area contributed by atoms with Crippen molar-refractivity contribution in [2.45, 2.75) is 24.8 Å². The van der Waals surface area contributed by atoms with Crippen LogP contribution in [-0.2, 0) is 9.59 Å². The number of para-hydroxylation sites is 1. The molecule has 3 aromatic rings. The number of nitrogens with zero attached hydrogens (tertiary/aromatic N) is 3. The first kappa shape index (κ1) is 21.0. The Morgan fingerprint density at radius 2 is 1.97 bits per heavy atom. The molecule has 1 N–H and O–H groups in total. The van der Waals surface area contributed by atoms with Crippen molar-refractivity contribution in [2.24, 2.45) is 0 Å². The molecule has 0 saturated heterocycles. The largest absolute Gasteiger partial charge is 0.324 e. The van der Waals surface area contributed by atoms with Crippen LogP contribution in [0.4, 0.5) is 20.2 Å². The van der Waals surface area contributed by atoms with Crippen molar-refractivity contribution in [1.29, 1.82) is 0 Å². The average molecular weight is 442 g/mol. The normalized spacial score (nSPS) is 13.3. The molecule has 0 saturated carbocycles. The zero-order valence-corrected chi connectivity index (χ0v) is 17.6. The Labute approximate surface area is 182 Å². The van der Waals surface area contributed by atoms with E-state index in [-0.39, 0.29) is 23.8 Å². The number of benzene rings is 2. The molecule has 1 aliphatic heterocycles. The van der Waals surface area contributed by atoms with Crippen LogP contribution in [0.25, 0.3) is 5.69 Å². The van der Waals surface area contributed by atoms with Crippen LogP contribution in [0, 0.1) is 18.6 Å². The van der Waals surface area contributed by atoms with Gasteiger partial charge >= 0.3 is 0 Å². The number of amides is 2. The molecule has 1 aromatic heterocycles. The van der Waals surface area contributed by atoms with Gasteiger partial charge in [-0.15, -0.1) is 0 Å². The summed E-state index contributed by atoms with van der Waals surface area (Å²) in [6.45, 7) is 2.20. The molecule has 0 atom stereocenters. The highest BCUT2D eigenvalue weighted by Gasteiger charge is 2.31. The smallest absolute Gasteiger partial charge is 0.237 e. The van der Waals surface area contributed by atoms with Gasteiger partial charge in [-0.1, -0.05) is 30.0 Å². The average Bonchev–Trinajstić information content (AvgIpc) is 3.09. The number of thioether (sulfide) groups is 1. The molecule has 0 bridgehead atoms. The van der Waals surface area contributed by atoms with Gasteiger partial charge < -0.3 is 10.2 Å². The Bertz CT molecular complexity index is 1130. The number of aromatic nitrogens is 2. The van der Waals surface area contributed by atoms with Crippen LogP contribution in [-0.4, -0.2) is 33.9 Å². The Morgan fingerprint density at radius 1 is 1.19 bits per heavy atom. The topological polar surface area (TPSA) is 67.2 Å². The van der Waals surface area contributed by atoms with Gasteiger partial charge in [-0.05, 0) is 37.6 Å². The van der Waals surface area contributed by atoms with E-state index in [1.54, 1.807) is 4.90 Å². The first-order valence-corrected chi connectivity index (χ1v) is 10.8. The lowest BCUT2D eigenvalue weighted by Gasteiger charge is -2.27. The number of aryl methyl sites for hydroxylation is 1. The minimum Gasteiger partial charge on any atom is -0.324 e. The van der Waals surface area contributed by atoms with Crippen molar-refractivity contribution < 1.29 is 18.4 Å². The van der Waals surface area contributed by atoms with Crippen LogP contribution in [0.15, 0.2) is 53.6 Å². The van der Waals surface area contributed by atoms with E-state index >= 15 is 0 Å². The van der Waals surface area contributed by atoms with Gasteiger partial charge in [-0.2, -0.15) is 5.10 Å². The Hall–Kier alpha value is -3.20. The summed E-state index contributed by atoms with van der Waals surface area (Å²) in [7, 11) is 0. The van der Waals surface area contributed by atoms with Gasteiger partial charge in [0.2, 0.25) is 11.8 Å². The number of anilines is 2. The summed E-state index contributed by atoms with van der Waals surface area (Å²) in [5, 5.41) is 7.94. The fourth-order valence-electron chi connectivity index (χ4n) is 3.45. The standard InChI is InChI=1S/C22H20F2N4O2S/c1-14-21-22(28(26-14)16-6-3-2-4-7-16)31-13-20(30)27(21)11-5-8-19(29)25-18-10-9-15(23)12-17(18)24/h2-4,6-7,9-10,12H,5,8,11,13H2,1H3,(H,25,29). The lowest BCUT2D eigenvalue weighted by molar-refractivity contribution is -0.117. The third-order valence-corrected chi connectivity index (χ3v) is 5.91. The second-order valence-corrected chi connectivity index (χ2v) is 8.06. The number of hydrogen-bond donors (Lipinski definition) is 1. The van der Waals surface area contributed by atoms with Gasteiger partial charge in [-0.25, -0.2) is 13.5 Å². The summed E-state index contributed by atoms with van der Waals surface area (Å²) in [4.78, 5) is 26.4. The van der Waals surface area contributed by atoms with Gasteiger partial charge in [-0.3, -0.25) is 9.59 Å². The maximum absolute atomic E-state index is 13.7. The quantitative estimate of drug-likeness (QED) is 0.618. The highest BCUT2D eigenvalue weighted by Crippen LogP contribution is 2.39. The van der Waals surface area contributed by atoms with Crippen molar-refractivity contribution in [2.75, 3.05) is 22.5 Å². The molecule has 1 aliphatic rings. The first-order chi connectivity index (χ1) is 14.9. The number of hydrogen-bond acceptors (Lipinski definition) is 4. The van der Waals surface area contributed by atoms with E-state index in [1.807, 2.05) is 41.9 Å². The van der Waals surface area contributed by atoms with Crippen LogP contribution in [0.3, 0.4) is 0 Å². The van der Waals surface area contributed by atoms with E-state index in [2.05, 4.69) is 10.4 Å². The monoisotopic (exact) mass is 442 g/mol. The summed E-state index contributed by atoms with van der Waals surface area (Å²) < 4.78 is 28.5. The lowest BCUT2D eigenvalue weighted by Crippen LogP contribution is -2.36. The zero-order chi connectivity index (χ0) is 22.0. The third kappa shape index (κ3) is 4.46. The summed E-state index contributed by atoms with van der Waals surface area (Å²) in [5.74, 6) is -1.69. The van der Waals surface area contributed by atoms with E-state index in [1.165, 1.54) is 17.8 Å². The molecule has 0 radical (unpaired) electrons. The summed E-state index contributed by atoms with van der Waals surface area (Å²) >= 11 is 1.44. The predicted octanol–water partition coefficient (Wildman–Crippen LogP) is 4.32. The summed E-state index contributed by atoms with van der Waals surface area (Å²) in [5.41, 5.74) is 2.33. The number of fused-ring (bicyclic) bond motifs is 1. The van der Waals surface area contributed by atoms with Gasteiger partial charge in [0.05, 0.1) is 28.5 Å². The van der Waals surface area contributed by atoms with Crippen molar-refractivity contribution >= 4 is 35.0 Å². The maximum atomic E-state index is 13.7. The van der Waals surface area contributed by atoms with Crippen molar-refractivity contribution in [3.8, 4) is 5.69 Å². The zero-order valence-electron chi connectivity index (χ0n) is 16.8. The Balaban J connectivity index is 1.44. The second-order valence-electron chi connectivity index (χ2n) is 7.10. The fourth-order valence-corrected chi connectivity index (χ4v) is 4.53. The molecule has 2 amide bonds. The van der Waals surface area contributed by atoms with Crippen molar-refractivity contribution in [1.82, 2.24) is 9.78 Å². The number of nitrogens with one attached hydrogen (secondary N) is 1. The van der Waals surface area contributed by atoms with Crippen LogP contribution in [0.2, 0.25) is 0 Å². The van der Waals surface area contributed by atoms with Gasteiger partial charge in [0, 0.05) is 19.0 Å². The summed E-state index contributed by atoms with van der Waals surface area (Å²) in [6, 6.07) is 12.7. The van der Waals surface area contributed by atoms with E-state index in [9.17, 15) is 18.4 Å². The molecule has 0 aliphatic carbocycles. The minimum absolute atomic E-state index is 0.0433. The van der Waals surface area contributed by atoms with Crippen LogP contribution in [0.1, 0.15) is 18.5 Å². The maximum Gasteiger partial charge on any atom is 0.237 e. The predicted molar refractivity (Wildman–Crippen MR) is 116 cm³/mol. The fraction of sp³-hybridized carbons (Fsp3) is 0.227. The van der Waals surface area contributed by atoms with Crippen LogP contribution in [0.5, 0.6) is 0 Å². The van der Waals surface area contributed by atoms with E-state index in [0.29, 0.717) is 19.0 Å². The molecular formula is C22H20F2N4O2S. The number of carbonyl (C=O) groups excluding carboxylic acids is 2. The number of rotatable bonds is 6. The Kier molecular flexibility index (Phi) is 6.03. The SMILES string of the molecule is Cc1nn(-c2ccccc2)c2c1N(CCCC(=O)Nc1ccc(F)cc1F)C(=O)CS2. The molecule has 0 fully saturated rings. The van der Waals surface area contributed by atoms with E-state index < -0.39 is 17.5 Å². The molecule has 9 heteroatoms. The minimum atomic E-state index is -0.829. The molecule has 0 unspecified atom stereocenters. The number of halogens is 2. The van der Waals surface area contributed by atoms with E-state index in [4.69, 9.17) is 0 Å². The molecule has 0 spiro atoms. The lowest BCUT2D eigenvalue weighted by atomic mass is 10.2. The summed E-state index contributed by atoms with van der Waals surface area (Å²) in [6.07, 6.45) is 0.482. The first-order valence-electron chi connectivity index (χ1n) is 9.77. The van der Waals surface area contributed by atoms with Crippen molar-refractivity contribution in [3.63, 3.8) is 0 Å². The van der Waals surface area contributed by atoms with Crippen molar-refractivity contribution in [3.05, 3.63) is 65.9 Å². The highest BCUT2D eigenvalue weighted by atomic mass is 32.2. The highest BCUT2D eigenvalue weighted by molar-refractivity contribution is 8.00. The van der Waals surface area contributed by atoms with Crippen LogP contribution >= 0.6 is 11.8 Å². The van der Waals surface area contributed by atoms with Gasteiger partial charge in [0.15, 0.2) is 0 Å². The van der Waals surface area contributed by atoms with Crippen LogP contribution < -0.4 is 10.2 Å². The molecule has 2 heterocycles. The molecule has 31 heavy (non-hydrogen) atoms. The Morgan fingerprint density at radius 3 is 2.71 bits per heavy atom. The molecule has 2 aromatic carbocycles.